The van der Waals surface area contributed by atoms with Gasteiger partial charge in [0.1, 0.15) is 12.3 Å². The van der Waals surface area contributed by atoms with Gasteiger partial charge in [-0.15, -0.1) is 0 Å². The van der Waals surface area contributed by atoms with Crippen LogP contribution in [0.4, 0.5) is 17.1 Å². The summed E-state index contributed by atoms with van der Waals surface area (Å²) in [5.41, 5.74) is 0.799. The fourth-order valence-electron chi connectivity index (χ4n) is 2.57. The van der Waals surface area contributed by atoms with Crippen molar-refractivity contribution in [1.82, 2.24) is 0 Å². The van der Waals surface area contributed by atoms with Crippen LogP contribution in [0.5, 0.6) is 11.5 Å². The second kappa shape index (κ2) is 7.09. The summed E-state index contributed by atoms with van der Waals surface area (Å²) in [6, 6.07) is 10.8. The smallest absolute Gasteiger partial charge is 0.331 e. The lowest BCUT2D eigenvalue weighted by Gasteiger charge is -2.28. The number of rotatable bonds is 5. The molecule has 0 radical (unpaired) electrons. The van der Waals surface area contributed by atoms with E-state index in [9.17, 15) is 19.7 Å². The van der Waals surface area contributed by atoms with Crippen molar-refractivity contribution in [2.75, 3.05) is 30.4 Å². The second-order valence-corrected chi connectivity index (χ2v) is 5.52. The first-order valence-electron chi connectivity index (χ1n) is 7.64. The van der Waals surface area contributed by atoms with Crippen LogP contribution < -0.4 is 19.7 Å². The fourth-order valence-corrected chi connectivity index (χ4v) is 2.57. The molecular formula is C17H15N3O6. The van der Waals surface area contributed by atoms with Gasteiger partial charge in [0.25, 0.3) is 5.69 Å². The summed E-state index contributed by atoms with van der Waals surface area (Å²) in [6.45, 7) is -0.243. The highest BCUT2D eigenvalue weighted by Crippen LogP contribution is 2.35. The van der Waals surface area contributed by atoms with Crippen molar-refractivity contribution in [3.05, 3.63) is 52.6 Å². The number of nitro benzene ring substituents is 1. The number of carbonyl (C=O) groups excluding carboxylic acids is 2. The lowest BCUT2D eigenvalue weighted by atomic mass is 10.2. The van der Waals surface area contributed by atoms with Gasteiger partial charge in [-0.3, -0.25) is 14.9 Å². The Morgan fingerprint density at radius 3 is 2.88 bits per heavy atom. The van der Waals surface area contributed by atoms with E-state index in [0.29, 0.717) is 17.1 Å². The number of ether oxygens (including phenoxy) is 2. The van der Waals surface area contributed by atoms with E-state index in [4.69, 9.17) is 9.47 Å². The molecule has 2 aromatic rings. The summed E-state index contributed by atoms with van der Waals surface area (Å²) in [5, 5.41) is 13.6. The van der Waals surface area contributed by atoms with E-state index in [2.05, 4.69) is 5.32 Å². The van der Waals surface area contributed by atoms with Gasteiger partial charge in [-0.2, -0.15) is 0 Å². The first-order valence-corrected chi connectivity index (χ1v) is 7.64. The molecule has 9 heteroatoms. The summed E-state index contributed by atoms with van der Waals surface area (Å²) in [5.74, 6) is -0.281. The van der Waals surface area contributed by atoms with Crippen LogP contribution in [0.15, 0.2) is 42.5 Å². The molecule has 3 rings (SSSR count). The van der Waals surface area contributed by atoms with E-state index >= 15 is 0 Å². The number of hydrogen-bond acceptors (Lipinski definition) is 7. The van der Waals surface area contributed by atoms with Crippen LogP contribution in [0, 0.1) is 10.1 Å². The van der Waals surface area contributed by atoms with E-state index in [0.717, 1.165) is 0 Å². The summed E-state index contributed by atoms with van der Waals surface area (Å²) < 4.78 is 10.1. The number of methoxy groups -OCH3 is 1. The van der Waals surface area contributed by atoms with Crippen LogP contribution in [0.1, 0.15) is 0 Å². The third-order valence-corrected chi connectivity index (χ3v) is 3.73. The molecule has 1 aliphatic heterocycles. The minimum absolute atomic E-state index is 0.0598. The number of nitrogens with one attached hydrogen (secondary N) is 1. The molecule has 0 aliphatic carbocycles. The highest BCUT2D eigenvalue weighted by molar-refractivity contribution is 5.96. The van der Waals surface area contributed by atoms with Crippen molar-refractivity contribution in [2.24, 2.45) is 0 Å². The normalized spacial score (nSPS) is 12.8. The molecule has 0 saturated carbocycles. The molecule has 2 aromatic carbocycles. The lowest BCUT2D eigenvalue weighted by molar-refractivity contribution is -0.384. The number of non-ortho nitro benzene ring substituents is 1. The minimum Gasteiger partial charge on any atom is -0.497 e. The zero-order valence-electron chi connectivity index (χ0n) is 13.8. The highest BCUT2D eigenvalue weighted by Gasteiger charge is 2.27. The zero-order valence-corrected chi connectivity index (χ0v) is 13.8. The van der Waals surface area contributed by atoms with Crippen molar-refractivity contribution >= 4 is 28.9 Å². The van der Waals surface area contributed by atoms with E-state index in [-0.39, 0.29) is 30.4 Å². The summed E-state index contributed by atoms with van der Waals surface area (Å²) in [4.78, 5) is 35.9. The molecule has 1 N–H and O–H groups in total. The maximum atomic E-state index is 12.3. The Morgan fingerprint density at radius 1 is 1.35 bits per heavy atom. The Morgan fingerprint density at radius 2 is 2.15 bits per heavy atom. The van der Waals surface area contributed by atoms with Crippen LogP contribution in [-0.2, 0) is 9.59 Å². The predicted octanol–water partition coefficient (Wildman–Crippen LogP) is 1.97. The third-order valence-electron chi connectivity index (χ3n) is 3.73. The number of anilines is 2. The maximum Gasteiger partial charge on any atom is 0.331 e. The van der Waals surface area contributed by atoms with Crippen molar-refractivity contribution < 1.29 is 24.0 Å². The number of carbonyl (C=O) groups is 2. The van der Waals surface area contributed by atoms with Gasteiger partial charge >= 0.3 is 5.97 Å². The minimum atomic E-state index is -0.591. The quantitative estimate of drug-likeness (QED) is 0.377. The number of hydrogen-bond donors (Lipinski definition) is 1. The van der Waals surface area contributed by atoms with Crippen LogP contribution in [0.3, 0.4) is 0 Å². The van der Waals surface area contributed by atoms with E-state index in [1.807, 2.05) is 0 Å². The van der Waals surface area contributed by atoms with Crippen LogP contribution in [-0.4, -0.2) is 37.0 Å². The predicted molar refractivity (Wildman–Crippen MR) is 92.6 cm³/mol. The van der Waals surface area contributed by atoms with Gasteiger partial charge in [0, 0.05) is 17.8 Å². The molecule has 0 spiro atoms. The second-order valence-electron chi connectivity index (χ2n) is 5.52. The fraction of sp³-hybridized carbons (Fsp3) is 0.176. The van der Waals surface area contributed by atoms with Gasteiger partial charge in [0.2, 0.25) is 5.91 Å². The number of nitro groups is 1. The average molecular weight is 357 g/mol. The summed E-state index contributed by atoms with van der Waals surface area (Å²) in [6.07, 6.45) is 0. The molecule has 0 unspecified atom stereocenters. The van der Waals surface area contributed by atoms with Gasteiger partial charge in [-0.1, -0.05) is 6.07 Å². The zero-order chi connectivity index (χ0) is 18.7. The van der Waals surface area contributed by atoms with Crippen LogP contribution in [0.2, 0.25) is 0 Å². The third kappa shape index (κ3) is 3.72. The van der Waals surface area contributed by atoms with Crippen molar-refractivity contribution in [1.29, 1.82) is 0 Å². The Balaban J connectivity index is 1.76. The first kappa shape index (κ1) is 17.2. The standard InChI is InChI=1S/C17H15N3O6/c1-25-13-4-2-3-11(7-13)18-16(21)9-19-10-17(22)26-15-8-12(20(23)24)5-6-14(15)19/h2-8H,9-10H2,1H3,(H,18,21). The van der Waals surface area contributed by atoms with E-state index in [1.165, 1.54) is 30.2 Å². The molecule has 1 aliphatic rings. The number of benzene rings is 2. The largest absolute Gasteiger partial charge is 0.497 e. The van der Waals surface area contributed by atoms with Gasteiger partial charge in [0.15, 0.2) is 5.75 Å². The topological polar surface area (TPSA) is 111 Å². The molecule has 0 aromatic heterocycles. The molecule has 0 saturated heterocycles. The Bertz CT molecular complexity index is 883. The van der Waals surface area contributed by atoms with E-state index < -0.39 is 10.9 Å². The molecule has 1 heterocycles. The number of esters is 1. The van der Waals surface area contributed by atoms with Crippen LogP contribution in [0.25, 0.3) is 0 Å². The summed E-state index contributed by atoms with van der Waals surface area (Å²) >= 11 is 0. The van der Waals surface area contributed by atoms with Crippen molar-refractivity contribution in [3.8, 4) is 11.5 Å². The molecule has 0 bridgehead atoms. The maximum absolute atomic E-state index is 12.3. The molecule has 9 nitrogen and oxygen atoms in total. The molecular weight excluding hydrogens is 342 g/mol. The van der Waals surface area contributed by atoms with Gasteiger partial charge in [-0.05, 0) is 18.2 Å². The van der Waals surface area contributed by atoms with Gasteiger partial charge < -0.3 is 19.7 Å². The lowest BCUT2D eigenvalue weighted by Crippen LogP contribution is -2.41. The molecule has 26 heavy (non-hydrogen) atoms. The Hall–Kier alpha value is -3.62. The van der Waals surface area contributed by atoms with Crippen molar-refractivity contribution in [2.45, 2.75) is 0 Å². The van der Waals surface area contributed by atoms with Gasteiger partial charge in [-0.25, -0.2) is 4.79 Å². The first-order chi connectivity index (χ1) is 12.5. The summed E-state index contributed by atoms with van der Waals surface area (Å²) in [7, 11) is 1.52. The monoisotopic (exact) mass is 357 g/mol. The number of nitrogens with zero attached hydrogens (tertiary/aromatic N) is 2. The Kier molecular flexibility index (Phi) is 4.70. The van der Waals surface area contributed by atoms with Crippen LogP contribution >= 0.6 is 0 Å². The van der Waals surface area contributed by atoms with Crippen molar-refractivity contribution in [3.63, 3.8) is 0 Å². The molecule has 134 valence electrons. The Labute approximate surface area is 148 Å². The number of fused-ring (bicyclic) bond motifs is 1. The average Bonchev–Trinajstić information content (AvgIpc) is 2.61. The highest BCUT2D eigenvalue weighted by atomic mass is 16.6. The molecule has 1 amide bonds. The van der Waals surface area contributed by atoms with E-state index in [1.54, 1.807) is 24.3 Å². The molecule has 0 atom stereocenters. The SMILES string of the molecule is COc1cccc(NC(=O)CN2CC(=O)Oc3cc([N+](=O)[O-])ccc32)c1. The van der Waals surface area contributed by atoms with Gasteiger partial charge in [0.05, 0.1) is 30.3 Å². The molecule has 0 fully saturated rings. The number of amides is 1.